The molecule has 2 aromatic carbocycles. The van der Waals surface area contributed by atoms with Crippen molar-refractivity contribution >= 4 is 0 Å². The molecule has 0 radical (unpaired) electrons. The molecule has 1 N–H and O–H groups in total. The van der Waals surface area contributed by atoms with Gasteiger partial charge in [0.15, 0.2) is 0 Å². The molecule has 0 aliphatic rings. The third-order valence-corrected chi connectivity index (χ3v) is 4.33. The van der Waals surface area contributed by atoms with E-state index in [0.29, 0.717) is 0 Å². The summed E-state index contributed by atoms with van der Waals surface area (Å²) < 4.78 is 5.48. The van der Waals surface area contributed by atoms with E-state index in [2.05, 4.69) is 65.5 Å². The molecule has 3 aromatic rings. The molecule has 0 saturated heterocycles. The van der Waals surface area contributed by atoms with Crippen molar-refractivity contribution in [1.82, 2.24) is 15.3 Å². The minimum Gasteiger partial charge on any atom is -0.496 e. The number of ether oxygens (including phenoxy) is 1. The van der Waals surface area contributed by atoms with Gasteiger partial charge in [0.05, 0.1) is 7.11 Å². The second kappa shape index (κ2) is 7.90. The maximum atomic E-state index is 5.48. The van der Waals surface area contributed by atoms with Crippen LogP contribution in [0.1, 0.15) is 29.7 Å². The summed E-state index contributed by atoms with van der Waals surface area (Å²) in [6.07, 6.45) is 5.14. The van der Waals surface area contributed by atoms with Crippen LogP contribution >= 0.6 is 0 Å². The van der Waals surface area contributed by atoms with E-state index < -0.39 is 0 Å². The quantitative estimate of drug-likeness (QED) is 0.730. The zero-order valence-electron chi connectivity index (χ0n) is 14.9. The number of rotatable bonds is 6. The molecule has 0 amide bonds. The second-order valence-corrected chi connectivity index (χ2v) is 6.18. The van der Waals surface area contributed by atoms with Gasteiger partial charge in [-0.2, -0.15) is 0 Å². The Morgan fingerprint density at radius 2 is 1.76 bits per heavy atom. The standard InChI is InChI=1S/C21H23N3O/c1-15-4-7-18(8-5-15)16(2)24-11-17-6-9-21(25-3)20(10-17)19-12-22-14-23-13-19/h4-10,12-14,16,24H,11H2,1-3H3. The summed E-state index contributed by atoms with van der Waals surface area (Å²) in [4.78, 5) is 8.21. The fraction of sp³-hybridized carbons (Fsp3) is 0.238. The summed E-state index contributed by atoms with van der Waals surface area (Å²) in [5.74, 6) is 0.824. The molecule has 25 heavy (non-hydrogen) atoms. The molecule has 0 spiro atoms. The molecule has 4 heteroatoms. The zero-order chi connectivity index (χ0) is 17.6. The van der Waals surface area contributed by atoms with Crippen molar-refractivity contribution in [3.63, 3.8) is 0 Å². The van der Waals surface area contributed by atoms with Gasteiger partial charge >= 0.3 is 0 Å². The van der Waals surface area contributed by atoms with Crippen LogP contribution in [0.2, 0.25) is 0 Å². The molecule has 0 fully saturated rings. The largest absolute Gasteiger partial charge is 0.496 e. The Balaban J connectivity index is 1.76. The van der Waals surface area contributed by atoms with Crippen LogP contribution in [0.25, 0.3) is 11.1 Å². The first-order valence-corrected chi connectivity index (χ1v) is 8.39. The lowest BCUT2D eigenvalue weighted by atomic mass is 10.0. The number of nitrogens with one attached hydrogen (secondary N) is 1. The number of nitrogens with zero attached hydrogens (tertiary/aromatic N) is 2. The summed E-state index contributed by atoms with van der Waals surface area (Å²) in [7, 11) is 1.68. The number of hydrogen-bond acceptors (Lipinski definition) is 4. The number of hydrogen-bond donors (Lipinski definition) is 1. The zero-order valence-corrected chi connectivity index (χ0v) is 14.9. The lowest BCUT2D eigenvalue weighted by Crippen LogP contribution is -2.18. The highest BCUT2D eigenvalue weighted by molar-refractivity contribution is 5.69. The van der Waals surface area contributed by atoms with Crippen molar-refractivity contribution in [2.75, 3.05) is 7.11 Å². The summed E-state index contributed by atoms with van der Waals surface area (Å²) in [6, 6.07) is 15.1. The van der Waals surface area contributed by atoms with Gasteiger partial charge in [-0.05, 0) is 37.1 Å². The van der Waals surface area contributed by atoms with Crippen molar-refractivity contribution < 1.29 is 4.74 Å². The van der Waals surface area contributed by atoms with E-state index in [1.165, 1.54) is 23.0 Å². The molecule has 1 unspecified atom stereocenters. The number of benzene rings is 2. The Kier molecular flexibility index (Phi) is 5.41. The molecule has 1 atom stereocenters. The lowest BCUT2D eigenvalue weighted by Gasteiger charge is -2.16. The van der Waals surface area contributed by atoms with E-state index in [-0.39, 0.29) is 6.04 Å². The summed E-state index contributed by atoms with van der Waals surface area (Å²) in [6.45, 7) is 5.06. The average molecular weight is 333 g/mol. The molecule has 1 heterocycles. The van der Waals surface area contributed by atoms with Gasteiger partial charge in [-0.25, -0.2) is 9.97 Å². The van der Waals surface area contributed by atoms with Crippen LogP contribution < -0.4 is 10.1 Å². The lowest BCUT2D eigenvalue weighted by molar-refractivity contribution is 0.416. The van der Waals surface area contributed by atoms with Gasteiger partial charge in [-0.1, -0.05) is 35.9 Å². The van der Waals surface area contributed by atoms with Gasteiger partial charge in [0, 0.05) is 36.1 Å². The van der Waals surface area contributed by atoms with E-state index in [1.807, 2.05) is 6.07 Å². The van der Waals surface area contributed by atoms with Crippen LogP contribution in [0.3, 0.4) is 0 Å². The Hall–Kier alpha value is -2.72. The van der Waals surface area contributed by atoms with Crippen LogP contribution in [0.15, 0.2) is 61.2 Å². The minimum absolute atomic E-state index is 0.284. The Labute approximate surface area is 148 Å². The van der Waals surface area contributed by atoms with Gasteiger partial charge < -0.3 is 10.1 Å². The fourth-order valence-corrected chi connectivity index (χ4v) is 2.77. The van der Waals surface area contributed by atoms with Gasteiger partial charge in [-0.3, -0.25) is 0 Å². The van der Waals surface area contributed by atoms with E-state index in [9.17, 15) is 0 Å². The Morgan fingerprint density at radius 3 is 2.44 bits per heavy atom. The molecule has 4 nitrogen and oxygen atoms in total. The highest BCUT2D eigenvalue weighted by Gasteiger charge is 2.09. The number of aryl methyl sites for hydroxylation is 1. The first kappa shape index (κ1) is 17.1. The first-order chi connectivity index (χ1) is 12.2. The smallest absolute Gasteiger partial charge is 0.126 e. The summed E-state index contributed by atoms with van der Waals surface area (Å²) >= 11 is 0. The fourth-order valence-electron chi connectivity index (χ4n) is 2.77. The van der Waals surface area contributed by atoms with Crippen LogP contribution in [-0.2, 0) is 6.54 Å². The van der Waals surface area contributed by atoms with Gasteiger partial charge in [-0.15, -0.1) is 0 Å². The van der Waals surface area contributed by atoms with Gasteiger partial charge in [0.1, 0.15) is 12.1 Å². The predicted molar refractivity (Wildman–Crippen MR) is 100 cm³/mol. The average Bonchev–Trinajstić information content (AvgIpc) is 2.67. The van der Waals surface area contributed by atoms with Crippen LogP contribution in [0, 0.1) is 6.92 Å². The van der Waals surface area contributed by atoms with Gasteiger partial charge in [0.2, 0.25) is 0 Å². The SMILES string of the molecule is COc1ccc(CNC(C)c2ccc(C)cc2)cc1-c1cncnc1. The predicted octanol–water partition coefficient (Wildman–Crippen LogP) is 4.31. The van der Waals surface area contributed by atoms with Crippen molar-refractivity contribution in [3.8, 4) is 16.9 Å². The Morgan fingerprint density at radius 1 is 1.04 bits per heavy atom. The first-order valence-electron chi connectivity index (χ1n) is 8.39. The molecule has 0 bridgehead atoms. The molecule has 0 saturated carbocycles. The number of methoxy groups -OCH3 is 1. The minimum atomic E-state index is 0.284. The van der Waals surface area contributed by atoms with E-state index in [4.69, 9.17) is 4.74 Å². The van der Waals surface area contributed by atoms with Crippen molar-refractivity contribution in [2.24, 2.45) is 0 Å². The maximum absolute atomic E-state index is 5.48. The highest BCUT2D eigenvalue weighted by atomic mass is 16.5. The molecule has 0 aliphatic carbocycles. The molecule has 3 rings (SSSR count). The molecule has 1 aromatic heterocycles. The maximum Gasteiger partial charge on any atom is 0.126 e. The third kappa shape index (κ3) is 4.22. The van der Waals surface area contributed by atoms with Crippen molar-refractivity contribution in [2.45, 2.75) is 26.4 Å². The molecule has 0 aliphatic heterocycles. The van der Waals surface area contributed by atoms with Crippen molar-refractivity contribution in [3.05, 3.63) is 77.9 Å². The van der Waals surface area contributed by atoms with E-state index in [1.54, 1.807) is 19.5 Å². The van der Waals surface area contributed by atoms with Crippen LogP contribution in [0.5, 0.6) is 5.75 Å². The molecule has 128 valence electrons. The summed E-state index contributed by atoms with van der Waals surface area (Å²) in [5, 5.41) is 3.58. The Bertz CT molecular complexity index is 816. The third-order valence-electron chi connectivity index (χ3n) is 4.33. The second-order valence-electron chi connectivity index (χ2n) is 6.18. The molecular weight excluding hydrogens is 310 g/mol. The highest BCUT2D eigenvalue weighted by Crippen LogP contribution is 2.30. The topological polar surface area (TPSA) is 47.0 Å². The number of aromatic nitrogens is 2. The summed E-state index contributed by atoms with van der Waals surface area (Å²) in [5.41, 5.74) is 5.72. The van der Waals surface area contributed by atoms with Crippen LogP contribution in [0.4, 0.5) is 0 Å². The van der Waals surface area contributed by atoms with Crippen molar-refractivity contribution in [1.29, 1.82) is 0 Å². The monoisotopic (exact) mass is 333 g/mol. The van der Waals surface area contributed by atoms with E-state index in [0.717, 1.165) is 23.4 Å². The normalized spacial score (nSPS) is 12.0. The molecular formula is C21H23N3O. The van der Waals surface area contributed by atoms with E-state index >= 15 is 0 Å². The van der Waals surface area contributed by atoms with Gasteiger partial charge in [0.25, 0.3) is 0 Å². The van der Waals surface area contributed by atoms with Crippen LogP contribution in [-0.4, -0.2) is 17.1 Å².